The van der Waals surface area contributed by atoms with Crippen LogP contribution in [0.5, 0.6) is 0 Å². The Bertz CT molecular complexity index is 3060. The van der Waals surface area contributed by atoms with Gasteiger partial charge in [-0.3, -0.25) is 0 Å². The number of fused-ring (bicyclic) bond motifs is 3. The molecule has 0 N–H and O–H groups in total. The minimum absolute atomic E-state index is 0.112. The molecule has 0 saturated carbocycles. The molecule has 2 aromatic heterocycles. The maximum atomic E-state index is 9.47. The summed E-state index contributed by atoms with van der Waals surface area (Å²) >= 11 is 0. The monoisotopic (exact) mass is 638 g/mol. The molecule has 9 rings (SSSR count). The Morgan fingerprint density at radius 3 is 1.47 bits per heavy atom. The van der Waals surface area contributed by atoms with Crippen LogP contribution in [-0.2, 0) is 0 Å². The molecule has 0 amide bonds. The quantitative estimate of drug-likeness (QED) is 0.182. The summed E-state index contributed by atoms with van der Waals surface area (Å²) in [6, 6.07) is 28.2. The van der Waals surface area contributed by atoms with Crippen molar-refractivity contribution >= 4 is 21.9 Å². The maximum absolute atomic E-state index is 9.47. The highest BCUT2D eigenvalue weighted by atomic mass is 16.3. The zero-order valence-electron chi connectivity index (χ0n) is 36.6. The molecule has 0 bridgehead atoms. The van der Waals surface area contributed by atoms with Gasteiger partial charge in [-0.05, 0) is 39.9 Å². The number of aromatic nitrogens is 3. The first-order valence-corrected chi connectivity index (χ1v) is 15.5. The first kappa shape index (κ1) is 19.2. The molecule has 0 aliphatic heterocycles. The van der Waals surface area contributed by atoms with E-state index < -0.39 is 72.0 Å². The van der Waals surface area contributed by atoms with Gasteiger partial charge in [0.1, 0.15) is 11.2 Å². The summed E-state index contributed by atoms with van der Waals surface area (Å²) < 4.78 is 102. The average molecular weight is 639 g/mol. The van der Waals surface area contributed by atoms with Crippen molar-refractivity contribution in [2.75, 3.05) is 0 Å². The Morgan fingerprint density at radius 1 is 0.388 bits per heavy atom. The van der Waals surface area contributed by atoms with E-state index in [-0.39, 0.29) is 50.5 Å². The molecule has 0 aliphatic carbocycles. The smallest absolute Gasteiger partial charge is 0.164 e. The number of furan rings is 1. The van der Waals surface area contributed by atoms with Gasteiger partial charge in [0.05, 0.1) is 15.1 Å². The number of benzene rings is 7. The van der Waals surface area contributed by atoms with E-state index in [2.05, 4.69) is 0 Å². The molecule has 2 heterocycles. The summed E-state index contributed by atoms with van der Waals surface area (Å²) in [6.45, 7) is 0. The Labute approximate surface area is 299 Å². The van der Waals surface area contributed by atoms with Crippen molar-refractivity contribution in [2.24, 2.45) is 0 Å². The van der Waals surface area contributed by atoms with E-state index in [1.165, 1.54) is 0 Å². The summed E-state index contributed by atoms with van der Waals surface area (Å²) in [5, 5.41) is -0.390. The van der Waals surface area contributed by atoms with Gasteiger partial charge >= 0.3 is 0 Å². The van der Waals surface area contributed by atoms with Crippen LogP contribution in [0.3, 0.4) is 0 Å². The highest BCUT2D eigenvalue weighted by molar-refractivity contribution is 6.10. The van der Waals surface area contributed by atoms with Gasteiger partial charge in [0.2, 0.25) is 0 Å². The predicted molar refractivity (Wildman–Crippen MR) is 200 cm³/mol. The summed E-state index contributed by atoms with van der Waals surface area (Å²) in [5.74, 6) is 0.345. The predicted octanol–water partition coefficient (Wildman–Crippen LogP) is 11.8. The Balaban J connectivity index is 1.28. The van der Waals surface area contributed by atoms with E-state index in [0.29, 0.717) is 11.1 Å². The summed E-state index contributed by atoms with van der Waals surface area (Å²) in [4.78, 5) is 14.4. The number of hydrogen-bond acceptors (Lipinski definition) is 4. The molecule has 0 aliphatic rings. The lowest BCUT2D eigenvalue weighted by molar-refractivity contribution is 0.670. The van der Waals surface area contributed by atoms with Crippen molar-refractivity contribution in [3.63, 3.8) is 0 Å². The number of para-hydroxylation sites is 1. The summed E-state index contributed by atoms with van der Waals surface area (Å²) in [7, 11) is 0. The molecule has 4 heteroatoms. The second kappa shape index (κ2) is 12.2. The normalized spacial score (nSPS) is 14.4. The van der Waals surface area contributed by atoms with Crippen molar-refractivity contribution in [2.45, 2.75) is 0 Å². The highest BCUT2D eigenvalue weighted by Gasteiger charge is 2.16. The third kappa shape index (κ3) is 5.45. The molecule has 0 atom stereocenters. The standard InChI is InChI=1S/C45H29N3O/c1-4-11-30(12-5-1)32-19-23-35(24-20-32)43-46-44(36-25-21-33(22-26-36)31-13-6-2-7-14-31)48-45(47-43)37-27-28-39-40-18-10-17-38(34-15-8-3-9-16-34)42(40)49-41(39)29-37/h1-29H/i3D,8D,9D,10D,15D,16D,17D,18D,27D,28D,29D. The fourth-order valence-corrected chi connectivity index (χ4v) is 5.71. The summed E-state index contributed by atoms with van der Waals surface area (Å²) in [6.07, 6.45) is 0. The maximum Gasteiger partial charge on any atom is 0.164 e. The summed E-state index contributed by atoms with van der Waals surface area (Å²) in [5.41, 5.74) is 3.56. The molecule has 0 saturated heterocycles. The molecular formula is C45H29N3O. The zero-order valence-corrected chi connectivity index (χ0v) is 25.6. The zero-order chi connectivity index (χ0) is 42.1. The third-order valence-corrected chi connectivity index (χ3v) is 8.17. The van der Waals surface area contributed by atoms with Gasteiger partial charge in [0, 0.05) is 33.0 Å². The lowest BCUT2D eigenvalue weighted by Crippen LogP contribution is -2.00. The first-order valence-electron chi connectivity index (χ1n) is 21.0. The fraction of sp³-hybridized carbons (Fsp3) is 0. The molecule has 49 heavy (non-hydrogen) atoms. The second-order valence-electron chi connectivity index (χ2n) is 11.2. The lowest BCUT2D eigenvalue weighted by Gasteiger charge is -2.10. The molecule has 0 spiro atoms. The molecule has 0 radical (unpaired) electrons. The van der Waals surface area contributed by atoms with Gasteiger partial charge < -0.3 is 4.42 Å². The number of nitrogens with zero attached hydrogens (tertiary/aromatic N) is 3. The minimum atomic E-state index is -0.680. The Morgan fingerprint density at radius 2 is 0.898 bits per heavy atom. The van der Waals surface area contributed by atoms with Crippen LogP contribution in [-0.4, -0.2) is 15.0 Å². The van der Waals surface area contributed by atoms with E-state index in [1.807, 2.05) is 109 Å². The Kier molecular flexibility index (Phi) is 4.78. The molecule has 230 valence electrons. The van der Waals surface area contributed by atoms with E-state index in [1.54, 1.807) is 0 Å². The van der Waals surface area contributed by atoms with Crippen LogP contribution in [0.25, 0.3) is 89.5 Å². The molecule has 4 nitrogen and oxygen atoms in total. The fourth-order valence-electron chi connectivity index (χ4n) is 5.71. The van der Waals surface area contributed by atoms with Gasteiger partial charge in [-0.25, -0.2) is 15.0 Å². The van der Waals surface area contributed by atoms with Crippen LogP contribution in [0.2, 0.25) is 0 Å². The van der Waals surface area contributed by atoms with Crippen LogP contribution < -0.4 is 0 Å². The van der Waals surface area contributed by atoms with Crippen molar-refractivity contribution in [1.29, 1.82) is 0 Å². The molecular weight excluding hydrogens is 599 g/mol. The van der Waals surface area contributed by atoms with Crippen LogP contribution >= 0.6 is 0 Å². The average Bonchev–Trinajstić information content (AvgIpc) is 3.69. The van der Waals surface area contributed by atoms with Crippen LogP contribution in [0.1, 0.15) is 15.1 Å². The molecule has 0 fully saturated rings. The van der Waals surface area contributed by atoms with E-state index in [9.17, 15) is 4.11 Å². The highest BCUT2D eigenvalue weighted by Crippen LogP contribution is 2.37. The van der Waals surface area contributed by atoms with E-state index in [4.69, 9.17) is 30.3 Å². The largest absolute Gasteiger partial charge is 0.455 e. The Hall–Kier alpha value is -6.65. The van der Waals surface area contributed by atoms with Gasteiger partial charge in [0.15, 0.2) is 17.5 Å². The van der Waals surface area contributed by atoms with Crippen molar-refractivity contribution in [1.82, 2.24) is 15.0 Å². The van der Waals surface area contributed by atoms with Crippen LogP contribution in [0, 0.1) is 0 Å². The lowest BCUT2D eigenvalue weighted by atomic mass is 10.0. The minimum Gasteiger partial charge on any atom is -0.455 e. The molecule has 7 aromatic carbocycles. The van der Waals surface area contributed by atoms with Crippen molar-refractivity contribution in [3.8, 4) is 67.5 Å². The number of rotatable bonds is 6. The van der Waals surface area contributed by atoms with E-state index in [0.717, 1.165) is 22.3 Å². The molecule has 9 aromatic rings. The second-order valence-corrected chi connectivity index (χ2v) is 11.2. The van der Waals surface area contributed by atoms with Crippen LogP contribution in [0.15, 0.2) is 180 Å². The first-order chi connectivity index (χ1) is 28.8. The SMILES string of the molecule is [2H]c1c([2H])c([2H])c(-c2c([2H])c([2H])c([2H])c3c2oc2c([2H])c(-c4nc(-c5ccc(-c6ccccc6)cc5)nc(-c5ccc(-c6ccccc6)cc5)n4)c([2H])c([2H])c23)c([2H])c1[2H]. The van der Waals surface area contributed by atoms with Crippen LogP contribution in [0.4, 0.5) is 0 Å². The van der Waals surface area contributed by atoms with Gasteiger partial charge in [-0.15, -0.1) is 0 Å². The van der Waals surface area contributed by atoms with Gasteiger partial charge in [-0.2, -0.15) is 0 Å². The van der Waals surface area contributed by atoms with Gasteiger partial charge in [-0.1, -0.05) is 164 Å². The topological polar surface area (TPSA) is 51.8 Å². The number of hydrogen-bond donors (Lipinski definition) is 0. The van der Waals surface area contributed by atoms with Gasteiger partial charge in [0.25, 0.3) is 0 Å². The van der Waals surface area contributed by atoms with Crippen molar-refractivity contribution < 1.29 is 19.5 Å². The third-order valence-electron chi connectivity index (χ3n) is 8.17. The van der Waals surface area contributed by atoms with E-state index >= 15 is 0 Å². The van der Waals surface area contributed by atoms with Crippen molar-refractivity contribution in [3.05, 3.63) is 176 Å². The molecule has 0 unspecified atom stereocenters.